The summed E-state index contributed by atoms with van der Waals surface area (Å²) in [5.41, 5.74) is 0. The first-order valence-corrected chi connectivity index (χ1v) is 30.1. The Morgan fingerprint density at radius 3 is 1.25 bits per heavy atom. The molecule has 17 atom stereocenters. The molecule has 17 unspecified atom stereocenters. The highest BCUT2D eigenvalue weighted by Crippen LogP contribution is 2.33. The van der Waals surface area contributed by atoms with Crippen molar-refractivity contribution < 1.29 is 89.4 Å². The van der Waals surface area contributed by atoms with Crippen LogP contribution in [0, 0.1) is 0 Å². The summed E-state index contributed by atoms with van der Waals surface area (Å²) in [7, 11) is 0. The summed E-state index contributed by atoms with van der Waals surface area (Å²) in [5.74, 6) is -0.373. The van der Waals surface area contributed by atoms with Gasteiger partial charge >= 0.3 is 0 Å². The van der Waals surface area contributed by atoms with Gasteiger partial charge in [-0.2, -0.15) is 0 Å². The average molecular weight is 1110 g/mol. The van der Waals surface area contributed by atoms with Crippen molar-refractivity contribution >= 4 is 5.91 Å². The number of unbranched alkanes of at least 4 members (excludes halogenated alkanes) is 27. The van der Waals surface area contributed by atoms with Crippen LogP contribution in [0.5, 0.6) is 0 Å². The van der Waals surface area contributed by atoms with Crippen molar-refractivity contribution in [3.8, 4) is 0 Å². The van der Waals surface area contributed by atoms with Crippen LogP contribution in [0.1, 0.15) is 206 Å². The van der Waals surface area contributed by atoms with Crippen LogP contribution in [0.15, 0.2) is 24.3 Å². The van der Waals surface area contributed by atoms with E-state index < -0.39 is 124 Å². The van der Waals surface area contributed by atoms with Crippen LogP contribution < -0.4 is 5.32 Å². The Balaban J connectivity index is 1.26. The van der Waals surface area contributed by atoms with Crippen LogP contribution in [-0.2, 0) is 33.2 Å². The van der Waals surface area contributed by atoms with E-state index in [9.17, 15) is 61.0 Å². The van der Waals surface area contributed by atoms with E-state index in [4.69, 9.17) is 28.4 Å². The van der Waals surface area contributed by atoms with Gasteiger partial charge in [0, 0.05) is 6.42 Å². The molecule has 0 saturated carbocycles. The molecule has 77 heavy (non-hydrogen) atoms. The van der Waals surface area contributed by atoms with Crippen molar-refractivity contribution in [3.63, 3.8) is 0 Å². The van der Waals surface area contributed by atoms with E-state index >= 15 is 0 Å². The number of aliphatic hydroxyl groups is 11. The summed E-state index contributed by atoms with van der Waals surface area (Å²) in [6, 6.07) is -0.983. The Labute approximate surface area is 460 Å². The Morgan fingerprint density at radius 1 is 0.455 bits per heavy atom. The largest absolute Gasteiger partial charge is 0.394 e. The van der Waals surface area contributed by atoms with E-state index in [1.54, 1.807) is 13.0 Å². The molecule has 0 aliphatic carbocycles. The molecular weight excluding hydrogens is 999 g/mol. The topological polar surface area (TPSA) is 307 Å². The number of rotatable bonds is 44. The highest BCUT2D eigenvalue weighted by molar-refractivity contribution is 5.75. The molecule has 3 aliphatic heterocycles. The lowest BCUT2D eigenvalue weighted by molar-refractivity contribution is -0.379. The molecule has 0 aromatic heterocycles. The van der Waals surface area contributed by atoms with Gasteiger partial charge in [-0.1, -0.05) is 199 Å². The van der Waals surface area contributed by atoms with Gasteiger partial charge in [-0.05, 0) is 25.7 Å². The fourth-order valence-corrected chi connectivity index (χ4v) is 10.3. The number of carbonyl (C=O) groups is 1. The molecule has 0 radical (unpaired) electrons. The minimum absolute atomic E-state index is 0.117. The molecule has 3 aliphatic rings. The van der Waals surface area contributed by atoms with Crippen molar-refractivity contribution in [3.05, 3.63) is 24.3 Å². The standard InChI is InChI=1S/C58H107NO18/c1-3-5-6-7-8-9-10-11-12-13-14-15-16-17-18-19-20-21-22-23-24-25-26-27-28-29-30-31-32-33-34-35-36-42(63)41(59-46(64)4-2)40-72-56-52(70)49(67)54(44(38-61)74-56)77-58-53(71)50(68)55(45(39-62)75-58)76-57-51(69)48(66)47(65)43(37-60)73-57/h31-32,35-36,41-45,47-58,60-63,65-71H,3-30,33-34,37-40H2,1-2H3,(H,59,64)/b32-31+,36-35+. The van der Waals surface area contributed by atoms with Gasteiger partial charge in [-0.15, -0.1) is 0 Å². The number of aliphatic hydroxyl groups excluding tert-OH is 11. The lowest BCUT2D eigenvalue weighted by Gasteiger charge is -2.48. The molecule has 3 rings (SSSR count). The molecule has 0 bridgehead atoms. The third-order valence-corrected chi connectivity index (χ3v) is 15.3. The van der Waals surface area contributed by atoms with Crippen molar-refractivity contribution in [2.45, 2.75) is 311 Å². The SMILES string of the molecule is CCCCCCCCCCCCCCCCCCCCCCCCCCCC/C=C/CC/C=C/C(O)C(COC1OC(CO)C(OC2OC(CO)C(OC3OC(CO)C(O)C(O)C3O)C(O)C2O)C(O)C1O)NC(=O)CC. The quantitative estimate of drug-likeness (QED) is 0.0277. The number of amides is 1. The predicted molar refractivity (Wildman–Crippen MR) is 291 cm³/mol. The second kappa shape index (κ2) is 42.1. The maximum atomic E-state index is 12.4. The van der Waals surface area contributed by atoms with Crippen molar-refractivity contribution in [1.82, 2.24) is 5.32 Å². The summed E-state index contributed by atoms with van der Waals surface area (Å²) >= 11 is 0. The second-order valence-electron chi connectivity index (χ2n) is 21.8. The molecule has 3 heterocycles. The Kier molecular flexibility index (Phi) is 38.1. The van der Waals surface area contributed by atoms with Crippen LogP contribution in [-0.4, -0.2) is 193 Å². The highest BCUT2D eigenvalue weighted by atomic mass is 16.8. The minimum atomic E-state index is -1.98. The molecule has 1 amide bonds. The van der Waals surface area contributed by atoms with Crippen LogP contribution >= 0.6 is 0 Å². The molecule has 3 saturated heterocycles. The van der Waals surface area contributed by atoms with E-state index in [1.165, 1.54) is 161 Å². The zero-order valence-corrected chi connectivity index (χ0v) is 46.9. The van der Waals surface area contributed by atoms with Gasteiger partial charge in [0.15, 0.2) is 18.9 Å². The monoisotopic (exact) mass is 1110 g/mol. The predicted octanol–water partition coefficient (Wildman–Crippen LogP) is 5.15. The molecule has 19 heteroatoms. The number of hydrogen-bond donors (Lipinski definition) is 12. The fraction of sp³-hybridized carbons (Fsp3) is 0.914. The maximum Gasteiger partial charge on any atom is 0.220 e. The molecule has 3 fully saturated rings. The highest BCUT2D eigenvalue weighted by Gasteiger charge is 2.53. The minimum Gasteiger partial charge on any atom is -0.394 e. The number of carbonyl (C=O) groups excluding carboxylic acids is 1. The van der Waals surface area contributed by atoms with E-state index in [1.807, 2.05) is 6.08 Å². The summed E-state index contributed by atoms with van der Waals surface area (Å²) in [4.78, 5) is 12.4. The molecule has 0 aromatic carbocycles. The summed E-state index contributed by atoms with van der Waals surface area (Å²) < 4.78 is 33.8. The number of allylic oxidation sites excluding steroid dienone is 3. The normalized spacial score (nSPS) is 30.8. The van der Waals surface area contributed by atoms with Gasteiger partial charge in [-0.3, -0.25) is 4.79 Å². The Morgan fingerprint density at radius 2 is 0.818 bits per heavy atom. The van der Waals surface area contributed by atoms with Gasteiger partial charge in [0.05, 0.1) is 38.6 Å². The summed E-state index contributed by atoms with van der Waals surface area (Å²) in [6.07, 6.45) is 19.3. The van der Waals surface area contributed by atoms with E-state index in [0.29, 0.717) is 6.42 Å². The van der Waals surface area contributed by atoms with Gasteiger partial charge in [0.1, 0.15) is 73.2 Å². The molecule has 19 nitrogen and oxygen atoms in total. The van der Waals surface area contributed by atoms with Crippen molar-refractivity contribution in [2.24, 2.45) is 0 Å². The first kappa shape index (κ1) is 69.5. The third-order valence-electron chi connectivity index (χ3n) is 15.3. The third kappa shape index (κ3) is 26.4. The molecule has 12 N–H and O–H groups in total. The Bertz CT molecular complexity index is 1510. The lowest BCUT2D eigenvalue weighted by atomic mass is 9.96. The fourth-order valence-electron chi connectivity index (χ4n) is 10.3. The number of nitrogens with one attached hydrogen (secondary N) is 1. The second-order valence-corrected chi connectivity index (χ2v) is 21.8. The first-order chi connectivity index (χ1) is 37.3. The van der Waals surface area contributed by atoms with E-state index in [-0.39, 0.29) is 18.9 Å². The average Bonchev–Trinajstić information content (AvgIpc) is 3.44. The zero-order valence-electron chi connectivity index (χ0n) is 46.9. The zero-order chi connectivity index (χ0) is 56.2. The molecule has 0 spiro atoms. The van der Waals surface area contributed by atoms with Gasteiger partial charge < -0.3 is 89.9 Å². The maximum absolute atomic E-state index is 12.4. The lowest BCUT2D eigenvalue weighted by Crippen LogP contribution is -2.66. The van der Waals surface area contributed by atoms with Crippen LogP contribution in [0.2, 0.25) is 0 Å². The van der Waals surface area contributed by atoms with E-state index in [0.717, 1.165) is 19.3 Å². The van der Waals surface area contributed by atoms with E-state index in [2.05, 4.69) is 24.4 Å². The molecule has 452 valence electrons. The summed E-state index contributed by atoms with van der Waals surface area (Å²) in [5, 5.41) is 119. The van der Waals surface area contributed by atoms with Crippen molar-refractivity contribution in [1.29, 1.82) is 0 Å². The smallest absolute Gasteiger partial charge is 0.220 e. The molecule has 0 aromatic rings. The van der Waals surface area contributed by atoms with Crippen LogP contribution in [0.25, 0.3) is 0 Å². The number of hydrogen-bond acceptors (Lipinski definition) is 18. The van der Waals surface area contributed by atoms with Gasteiger partial charge in [0.2, 0.25) is 5.91 Å². The van der Waals surface area contributed by atoms with Crippen LogP contribution in [0.4, 0.5) is 0 Å². The first-order valence-electron chi connectivity index (χ1n) is 30.1. The number of ether oxygens (including phenoxy) is 6. The summed E-state index contributed by atoms with van der Waals surface area (Å²) in [6.45, 7) is 1.13. The van der Waals surface area contributed by atoms with Gasteiger partial charge in [0.25, 0.3) is 0 Å². The van der Waals surface area contributed by atoms with Crippen molar-refractivity contribution in [2.75, 3.05) is 26.4 Å². The molecular formula is C58H107NO18. The van der Waals surface area contributed by atoms with Crippen LogP contribution in [0.3, 0.4) is 0 Å². The Hall–Kier alpha value is -1.73. The van der Waals surface area contributed by atoms with Gasteiger partial charge in [-0.25, -0.2) is 0 Å².